The Hall–Kier alpha value is -3.73. The molecule has 3 N–H and O–H groups in total. The lowest BCUT2D eigenvalue weighted by Crippen LogP contribution is -2.42. The third-order valence-electron chi connectivity index (χ3n) is 9.94. The summed E-state index contributed by atoms with van der Waals surface area (Å²) < 4.78 is 40.8. The standard InChI is InChI=1S/C33H42F3N9O/c1-22-23(4-5-30-28(22)15-26(16-37)45(30)14-13-42-9-2-3-24(18-42)31(38)46)17-43-10-6-25(7-11-43)41-32-27-8-12-44(20-33(34,35)36)19-29(27)39-21-40-32/h4-5,15,21,24-25H,2-3,6-14,17-20H2,1H3,(H2,38,46)(H,39,40,41). The van der Waals surface area contributed by atoms with Crippen LogP contribution in [0.3, 0.4) is 0 Å². The molecular formula is C33H42F3N9O. The Balaban J connectivity index is 1.05. The number of benzene rings is 1. The second kappa shape index (κ2) is 13.6. The number of primary amides is 1. The van der Waals surface area contributed by atoms with Crippen LogP contribution in [0.5, 0.6) is 0 Å². The first-order valence-electron chi connectivity index (χ1n) is 16.2. The highest BCUT2D eigenvalue weighted by atomic mass is 19.4. The second-order valence-corrected chi connectivity index (χ2v) is 13.0. The minimum absolute atomic E-state index is 0.102. The molecule has 0 bridgehead atoms. The molecule has 0 aliphatic carbocycles. The summed E-state index contributed by atoms with van der Waals surface area (Å²) >= 11 is 0. The lowest BCUT2D eigenvalue weighted by Gasteiger charge is -2.34. The molecule has 3 aliphatic heterocycles. The van der Waals surface area contributed by atoms with Gasteiger partial charge in [-0.2, -0.15) is 18.4 Å². The highest BCUT2D eigenvalue weighted by Crippen LogP contribution is 2.30. The van der Waals surface area contributed by atoms with E-state index in [1.165, 1.54) is 22.4 Å². The van der Waals surface area contributed by atoms with Gasteiger partial charge in [-0.1, -0.05) is 6.07 Å². The average molecular weight is 638 g/mol. The third kappa shape index (κ3) is 7.29. The number of aryl methyl sites for hydroxylation is 1. The van der Waals surface area contributed by atoms with Crippen LogP contribution in [0.15, 0.2) is 24.5 Å². The Morgan fingerprint density at radius 3 is 2.63 bits per heavy atom. The predicted molar refractivity (Wildman–Crippen MR) is 169 cm³/mol. The van der Waals surface area contributed by atoms with Crippen LogP contribution in [0.2, 0.25) is 0 Å². The number of nitrogens with one attached hydrogen (secondary N) is 1. The van der Waals surface area contributed by atoms with Crippen molar-refractivity contribution in [2.24, 2.45) is 11.7 Å². The van der Waals surface area contributed by atoms with E-state index in [0.717, 1.165) is 80.7 Å². The van der Waals surface area contributed by atoms with E-state index < -0.39 is 12.7 Å². The van der Waals surface area contributed by atoms with Crippen LogP contribution in [0.25, 0.3) is 10.9 Å². The second-order valence-electron chi connectivity index (χ2n) is 13.0. The number of halogens is 3. The van der Waals surface area contributed by atoms with Gasteiger partial charge < -0.3 is 20.5 Å². The van der Waals surface area contributed by atoms with Crippen LogP contribution in [-0.2, 0) is 30.8 Å². The van der Waals surface area contributed by atoms with Crippen molar-refractivity contribution in [3.63, 3.8) is 0 Å². The summed E-state index contributed by atoms with van der Waals surface area (Å²) in [6.07, 6.45) is 1.39. The number of anilines is 1. The number of hydrogen-bond acceptors (Lipinski definition) is 8. The van der Waals surface area contributed by atoms with Gasteiger partial charge in [0.2, 0.25) is 5.91 Å². The normalized spacial score (nSPS) is 20.5. The molecule has 3 aliphatic rings. The minimum Gasteiger partial charge on any atom is -0.369 e. The van der Waals surface area contributed by atoms with Gasteiger partial charge in [0.25, 0.3) is 0 Å². The SMILES string of the molecule is Cc1c(CN2CCC(Nc3ncnc4c3CCN(CC(F)(F)F)C4)CC2)ccc2c1cc(C#N)n2CCN1CCCC(C(N)=O)C1. The number of nitrogens with zero attached hydrogens (tertiary/aromatic N) is 7. The summed E-state index contributed by atoms with van der Waals surface area (Å²) in [7, 11) is 0. The molecule has 6 rings (SSSR count). The molecule has 0 radical (unpaired) electrons. The molecule has 10 nitrogen and oxygen atoms in total. The van der Waals surface area contributed by atoms with Gasteiger partial charge in [0.05, 0.1) is 18.2 Å². The molecule has 46 heavy (non-hydrogen) atoms. The maximum atomic E-state index is 12.9. The van der Waals surface area contributed by atoms with Crippen LogP contribution in [0.1, 0.15) is 53.8 Å². The molecule has 2 saturated heterocycles. The number of rotatable bonds is 9. The van der Waals surface area contributed by atoms with Gasteiger partial charge in [-0.3, -0.25) is 14.6 Å². The Morgan fingerprint density at radius 1 is 1.09 bits per heavy atom. The Kier molecular flexibility index (Phi) is 9.49. The molecule has 2 fully saturated rings. The summed E-state index contributed by atoms with van der Waals surface area (Å²) in [6, 6.07) is 8.92. The fourth-order valence-electron chi connectivity index (χ4n) is 7.35. The number of likely N-dealkylation sites (tertiary alicyclic amines) is 2. The summed E-state index contributed by atoms with van der Waals surface area (Å²) in [5.74, 6) is 0.418. The third-order valence-corrected chi connectivity index (χ3v) is 9.94. The van der Waals surface area contributed by atoms with E-state index in [4.69, 9.17) is 5.73 Å². The Labute approximate surface area is 267 Å². The molecule has 246 valence electrons. The monoisotopic (exact) mass is 637 g/mol. The first-order chi connectivity index (χ1) is 22.1. The molecule has 0 saturated carbocycles. The number of carbonyl (C=O) groups is 1. The minimum atomic E-state index is -4.22. The molecule has 1 atom stereocenters. The average Bonchev–Trinajstić information content (AvgIpc) is 3.40. The van der Waals surface area contributed by atoms with Crippen molar-refractivity contribution in [2.75, 3.05) is 51.1 Å². The lowest BCUT2D eigenvalue weighted by molar-refractivity contribution is -0.147. The van der Waals surface area contributed by atoms with Crippen molar-refractivity contribution in [3.05, 3.63) is 52.6 Å². The number of hydrogen-bond donors (Lipinski definition) is 2. The zero-order valence-corrected chi connectivity index (χ0v) is 26.3. The van der Waals surface area contributed by atoms with Crippen molar-refractivity contribution in [1.29, 1.82) is 5.26 Å². The Morgan fingerprint density at radius 2 is 1.89 bits per heavy atom. The molecule has 5 heterocycles. The molecule has 1 unspecified atom stereocenters. The molecular weight excluding hydrogens is 595 g/mol. The van der Waals surface area contributed by atoms with E-state index in [1.807, 2.05) is 6.07 Å². The smallest absolute Gasteiger partial charge is 0.369 e. The topological polar surface area (TPSA) is 119 Å². The number of carbonyl (C=O) groups excluding carboxylic acids is 1. The number of piperidine rings is 2. The van der Waals surface area contributed by atoms with E-state index >= 15 is 0 Å². The zero-order valence-electron chi connectivity index (χ0n) is 26.3. The van der Waals surface area contributed by atoms with E-state index in [9.17, 15) is 23.2 Å². The van der Waals surface area contributed by atoms with E-state index in [0.29, 0.717) is 37.4 Å². The maximum Gasteiger partial charge on any atom is 0.401 e. The van der Waals surface area contributed by atoms with Crippen molar-refractivity contribution >= 4 is 22.6 Å². The van der Waals surface area contributed by atoms with E-state index in [2.05, 4.69) is 54.8 Å². The molecule has 13 heteroatoms. The number of alkyl halides is 3. The summed E-state index contributed by atoms with van der Waals surface area (Å²) in [5, 5.41) is 14.6. The van der Waals surface area contributed by atoms with Crippen LogP contribution < -0.4 is 11.1 Å². The number of nitriles is 1. The number of nitrogens with two attached hydrogens (primary N) is 1. The number of fused-ring (bicyclic) bond motifs is 2. The van der Waals surface area contributed by atoms with Crippen LogP contribution in [0.4, 0.5) is 19.0 Å². The summed E-state index contributed by atoms with van der Waals surface area (Å²) in [4.78, 5) is 26.6. The lowest BCUT2D eigenvalue weighted by atomic mass is 9.97. The van der Waals surface area contributed by atoms with Gasteiger partial charge in [-0.25, -0.2) is 9.97 Å². The number of amides is 1. The Bertz CT molecular complexity index is 1610. The van der Waals surface area contributed by atoms with Gasteiger partial charge in [-0.15, -0.1) is 0 Å². The van der Waals surface area contributed by atoms with Gasteiger partial charge in [0.1, 0.15) is 23.9 Å². The maximum absolute atomic E-state index is 12.9. The molecule has 1 amide bonds. The highest BCUT2D eigenvalue weighted by molar-refractivity contribution is 5.86. The predicted octanol–water partition coefficient (Wildman–Crippen LogP) is 3.81. The van der Waals surface area contributed by atoms with E-state index in [1.54, 1.807) is 0 Å². The van der Waals surface area contributed by atoms with Crippen molar-refractivity contribution in [3.8, 4) is 6.07 Å². The highest BCUT2D eigenvalue weighted by Gasteiger charge is 2.33. The van der Waals surface area contributed by atoms with Crippen LogP contribution in [0, 0.1) is 24.2 Å². The molecule has 0 spiro atoms. The van der Waals surface area contributed by atoms with Crippen molar-refractivity contribution in [2.45, 2.75) is 70.9 Å². The van der Waals surface area contributed by atoms with Gasteiger partial charge >= 0.3 is 6.18 Å². The molecule has 1 aromatic carbocycles. The molecule has 3 aromatic rings. The first kappa shape index (κ1) is 32.2. The summed E-state index contributed by atoms with van der Waals surface area (Å²) in [6.45, 7) is 7.43. The van der Waals surface area contributed by atoms with Gasteiger partial charge in [0, 0.05) is 74.9 Å². The molecule has 2 aromatic heterocycles. The van der Waals surface area contributed by atoms with Gasteiger partial charge in [0.15, 0.2) is 0 Å². The van der Waals surface area contributed by atoms with E-state index in [-0.39, 0.29) is 24.4 Å². The fraction of sp³-hybridized carbons (Fsp3) is 0.576. The largest absolute Gasteiger partial charge is 0.401 e. The van der Waals surface area contributed by atoms with Crippen molar-refractivity contribution < 1.29 is 18.0 Å². The van der Waals surface area contributed by atoms with Crippen LogP contribution >= 0.6 is 0 Å². The van der Waals surface area contributed by atoms with Crippen molar-refractivity contribution in [1.82, 2.24) is 29.2 Å². The van der Waals surface area contributed by atoms with Gasteiger partial charge in [-0.05, 0) is 68.8 Å². The fourth-order valence-corrected chi connectivity index (χ4v) is 7.35. The van der Waals surface area contributed by atoms with Crippen LogP contribution in [-0.4, -0.2) is 93.2 Å². The summed E-state index contributed by atoms with van der Waals surface area (Å²) in [5.41, 5.74) is 11.3. The zero-order chi connectivity index (χ0) is 32.4. The quantitative estimate of drug-likeness (QED) is 0.364. The first-order valence-corrected chi connectivity index (χ1v) is 16.2. The number of aromatic nitrogens is 3.